The number of anilines is 1. The van der Waals surface area contributed by atoms with Crippen molar-refractivity contribution >= 4 is 5.69 Å². The van der Waals surface area contributed by atoms with Crippen molar-refractivity contribution in [1.29, 1.82) is 0 Å². The Hall–Kier alpha value is -1.18. The predicted octanol–water partition coefficient (Wildman–Crippen LogP) is 3.00. The smallest absolute Gasteiger partial charge is 0.120 e. The summed E-state index contributed by atoms with van der Waals surface area (Å²) >= 11 is 0. The third-order valence-corrected chi connectivity index (χ3v) is 2.92. The number of methoxy groups -OCH3 is 1. The van der Waals surface area contributed by atoms with Crippen LogP contribution in [0, 0.1) is 0 Å². The van der Waals surface area contributed by atoms with Crippen molar-refractivity contribution in [3.63, 3.8) is 0 Å². The summed E-state index contributed by atoms with van der Waals surface area (Å²) in [5.41, 5.74) is 2.66. The Kier molecular flexibility index (Phi) is 2.62. The lowest BCUT2D eigenvalue weighted by atomic mass is 9.96. The fourth-order valence-corrected chi connectivity index (χ4v) is 2.03. The number of hydrogen-bond donors (Lipinski definition) is 1. The molecule has 1 aromatic carbocycles. The van der Waals surface area contributed by atoms with E-state index in [-0.39, 0.29) is 0 Å². The molecule has 0 saturated carbocycles. The number of hydrogen-bond acceptors (Lipinski definition) is 2. The van der Waals surface area contributed by atoms with Gasteiger partial charge in [0.05, 0.1) is 7.11 Å². The van der Waals surface area contributed by atoms with Crippen LogP contribution in [0.15, 0.2) is 18.2 Å². The molecule has 0 amide bonds. The second-order valence-electron chi connectivity index (χ2n) is 3.92. The van der Waals surface area contributed by atoms with E-state index in [0.717, 1.165) is 12.3 Å². The molecular weight excluding hydrogens is 174 g/mol. The Balaban J connectivity index is 2.38. The van der Waals surface area contributed by atoms with Crippen molar-refractivity contribution in [3.8, 4) is 5.75 Å². The van der Waals surface area contributed by atoms with Gasteiger partial charge >= 0.3 is 0 Å². The van der Waals surface area contributed by atoms with Crippen LogP contribution in [0.3, 0.4) is 0 Å². The largest absolute Gasteiger partial charge is 0.497 e. The van der Waals surface area contributed by atoms with E-state index < -0.39 is 0 Å². The quantitative estimate of drug-likeness (QED) is 0.736. The first kappa shape index (κ1) is 9.38. The summed E-state index contributed by atoms with van der Waals surface area (Å²) in [5.74, 6) is 1.59. The molecule has 0 aliphatic carbocycles. The topological polar surface area (TPSA) is 21.3 Å². The van der Waals surface area contributed by atoms with Gasteiger partial charge in [-0.25, -0.2) is 0 Å². The standard InChI is InChI=1S/C12H17NO/c1-9-4-3-7-13-12-8-10(14-2)5-6-11(9)12/h5-6,8-9,13H,3-4,7H2,1-2H3. The minimum Gasteiger partial charge on any atom is -0.497 e. The number of nitrogens with one attached hydrogen (secondary N) is 1. The fourth-order valence-electron chi connectivity index (χ4n) is 2.03. The van der Waals surface area contributed by atoms with Crippen LogP contribution in [0.1, 0.15) is 31.2 Å². The van der Waals surface area contributed by atoms with Gasteiger partial charge in [0.25, 0.3) is 0 Å². The maximum absolute atomic E-state index is 5.22. The van der Waals surface area contributed by atoms with Gasteiger partial charge in [-0.15, -0.1) is 0 Å². The molecule has 1 N–H and O–H groups in total. The van der Waals surface area contributed by atoms with E-state index in [1.807, 2.05) is 6.07 Å². The molecule has 76 valence electrons. The van der Waals surface area contributed by atoms with E-state index in [4.69, 9.17) is 4.74 Å². The zero-order valence-electron chi connectivity index (χ0n) is 8.84. The van der Waals surface area contributed by atoms with Gasteiger partial charge in [0, 0.05) is 18.3 Å². The van der Waals surface area contributed by atoms with Crippen LogP contribution in [-0.2, 0) is 0 Å². The molecule has 0 saturated heterocycles. The number of benzene rings is 1. The van der Waals surface area contributed by atoms with Gasteiger partial charge in [0.1, 0.15) is 5.75 Å². The Morgan fingerprint density at radius 1 is 1.43 bits per heavy atom. The van der Waals surface area contributed by atoms with Crippen LogP contribution in [0.5, 0.6) is 5.75 Å². The molecule has 1 aromatic rings. The second-order valence-corrected chi connectivity index (χ2v) is 3.92. The van der Waals surface area contributed by atoms with E-state index in [1.165, 1.54) is 24.1 Å². The zero-order valence-corrected chi connectivity index (χ0v) is 8.84. The first-order chi connectivity index (χ1) is 6.81. The van der Waals surface area contributed by atoms with Crippen molar-refractivity contribution in [3.05, 3.63) is 23.8 Å². The van der Waals surface area contributed by atoms with Gasteiger partial charge in [-0.1, -0.05) is 13.0 Å². The summed E-state index contributed by atoms with van der Waals surface area (Å²) in [5, 5.41) is 3.45. The van der Waals surface area contributed by atoms with Crippen molar-refractivity contribution in [1.82, 2.24) is 0 Å². The van der Waals surface area contributed by atoms with Gasteiger partial charge in [0.2, 0.25) is 0 Å². The van der Waals surface area contributed by atoms with Crippen LogP contribution >= 0.6 is 0 Å². The average molecular weight is 191 g/mol. The minimum absolute atomic E-state index is 0.658. The average Bonchev–Trinajstić information content (AvgIpc) is 2.40. The number of rotatable bonds is 1. The summed E-state index contributed by atoms with van der Waals surface area (Å²) in [4.78, 5) is 0. The third kappa shape index (κ3) is 1.69. The van der Waals surface area contributed by atoms with Crippen LogP contribution < -0.4 is 10.1 Å². The van der Waals surface area contributed by atoms with Crippen LogP contribution in [0.2, 0.25) is 0 Å². The molecule has 2 heteroatoms. The Morgan fingerprint density at radius 2 is 2.29 bits per heavy atom. The van der Waals surface area contributed by atoms with Crippen molar-refractivity contribution in [2.45, 2.75) is 25.7 Å². The molecular formula is C12H17NO. The van der Waals surface area contributed by atoms with E-state index in [1.54, 1.807) is 7.11 Å². The molecule has 2 nitrogen and oxygen atoms in total. The highest BCUT2D eigenvalue weighted by molar-refractivity contribution is 5.57. The summed E-state index contributed by atoms with van der Waals surface area (Å²) in [6, 6.07) is 6.32. The molecule has 0 aromatic heterocycles. The maximum atomic E-state index is 5.22. The highest BCUT2D eigenvalue weighted by Crippen LogP contribution is 2.33. The van der Waals surface area contributed by atoms with E-state index in [9.17, 15) is 0 Å². The molecule has 0 bridgehead atoms. The fraction of sp³-hybridized carbons (Fsp3) is 0.500. The van der Waals surface area contributed by atoms with E-state index in [0.29, 0.717) is 5.92 Å². The Bertz CT molecular complexity index is 322. The summed E-state index contributed by atoms with van der Waals surface area (Å²) < 4.78 is 5.22. The Labute approximate surface area is 85.3 Å². The minimum atomic E-state index is 0.658. The summed E-state index contributed by atoms with van der Waals surface area (Å²) in [7, 11) is 1.71. The highest BCUT2D eigenvalue weighted by Gasteiger charge is 2.14. The number of fused-ring (bicyclic) bond motifs is 1. The SMILES string of the molecule is COc1ccc2c(c1)NCCCC2C. The van der Waals surface area contributed by atoms with Crippen molar-refractivity contribution in [2.75, 3.05) is 19.0 Å². The second kappa shape index (κ2) is 3.91. The molecule has 1 heterocycles. The number of ether oxygens (including phenoxy) is 1. The normalized spacial score (nSPS) is 20.6. The van der Waals surface area contributed by atoms with Gasteiger partial charge in [0.15, 0.2) is 0 Å². The molecule has 0 spiro atoms. The molecule has 1 unspecified atom stereocenters. The molecule has 1 aliphatic heterocycles. The molecule has 1 aliphatic rings. The lowest BCUT2D eigenvalue weighted by Gasteiger charge is -2.13. The van der Waals surface area contributed by atoms with E-state index in [2.05, 4.69) is 24.4 Å². The van der Waals surface area contributed by atoms with Gasteiger partial charge in [-0.05, 0) is 30.4 Å². The van der Waals surface area contributed by atoms with Crippen LogP contribution in [0.4, 0.5) is 5.69 Å². The third-order valence-electron chi connectivity index (χ3n) is 2.92. The first-order valence-corrected chi connectivity index (χ1v) is 5.23. The molecule has 0 fully saturated rings. The van der Waals surface area contributed by atoms with Crippen molar-refractivity contribution < 1.29 is 4.74 Å². The monoisotopic (exact) mass is 191 g/mol. The summed E-state index contributed by atoms with van der Waals surface area (Å²) in [6.07, 6.45) is 2.52. The lowest BCUT2D eigenvalue weighted by molar-refractivity contribution is 0.415. The van der Waals surface area contributed by atoms with Gasteiger partial charge in [-0.3, -0.25) is 0 Å². The zero-order chi connectivity index (χ0) is 9.97. The summed E-state index contributed by atoms with van der Waals surface area (Å²) in [6.45, 7) is 3.36. The van der Waals surface area contributed by atoms with Gasteiger partial charge < -0.3 is 10.1 Å². The Morgan fingerprint density at radius 3 is 3.07 bits per heavy atom. The highest BCUT2D eigenvalue weighted by atomic mass is 16.5. The van der Waals surface area contributed by atoms with Crippen LogP contribution in [-0.4, -0.2) is 13.7 Å². The molecule has 14 heavy (non-hydrogen) atoms. The van der Waals surface area contributed by atoms with Crippen LogP contribution in [0.25, 0.3) is 0 Å². The predicted molar refractivity (Wildman–Crippen MR) is 59.1 cm³/mol. The van der Waals surface area contributed by atoms with Crippen molar-refractivity contribution in [2.24, 2.45) is 0 Å². The van der Waals surface area contributed by atoms with E-state index >= 15 is 0 Å². The first-order valence-electron chi connectivity index (χ1n) is 5.23. The molecule has 2 rings (SSSR count). The van der Waals surface area contributed by atoms with Gasteiger partial charge in [-0.2, -0.15) is 0 Å². The molecule has 0 radical (unpaired) electrons. The lowest BCUT2D eigenvalue weighted by Crippen LogP contribution is -1.99. The molecule has 1 atom stereocenters. The maximum Gasteiger partial charge on any atom is 0.120 e.